The number of aliphatic hydroxyl groups excluding tert-OH is 3. The maximum Gasteiger partial charge on any atom is 0.306 e. The van der Waals surface area contributed by atoms with E-state index >= 15 is 0 Å². The van der Waals surface area contributed by atoms with Crippen molar-refractivity contribution in [3.05, 3.63) is 36.5 Å². The number of unbranched alkanes of at least 4 members (excludes halogenated alkanes) is 14. The summed E-state index contributed by atoms with van der Waals surface area (Å²) < 4.78 is 53.8. The lowest BCUT2D eigenvalue weighted by Gasteiger charge is -2.40. The van der Waals surface area contributed by atoms with Crippen LogP contribution < -0.4 is 0 Å². The minimum atomic E-state index is -4.60. The van der Waals surface area contributed by atoms with Gasteiger partial charge in [0.15, 0.2) is 12.4 Å². The number of allylic oxidation sites excluding steroid dienone is 6. The molecule has 1 aliphatic rings. The van der Waals surface area contributed by atoms with Crippen LogP contribution in [0, 0.1) is 0 Å². The first kappa shape index (κ1) is 48.9. The van der Waals surface area contributed by atoms with E-state index in [9.17, 15) is 37.9 Å². The quantitative estimate of drug-likeness (QED) is 0.0237. The Balaban J connectivity index is 2.52. The Morgan fingerprint density at radius 3 is 1.75 bits per heavy atom. The van der Waals surface area contributed by atoms with Gasteiger partial charge in [0.05, 0.1) is 6.61 Å². The molecule has 13 heteroatoms. The summed E-state index contributed by atoms with van der Waals surface area (Å²) in [7, 11) is -4.60. The third-order valence-corrected chi connectivity index (χ3v) is 9.67. The van der Waals surface area contributed by atoms with Crippen LogP contribution in [0.3, 0.4) is 0 Å². The molecule has 0 aromatic heterocycles. The Morgan fingerprint density at radius 1 is 0.642 bits per heavy atom. The molecule has 1 aliphatic heterocycles. The Hall–Kier alpha value is -2.13. The molecule has 0 aliphatic carbocycles. The standard InChI is InChI=1S/C40H70O12S/c1-3-5-7-9-11-13-15-16-17-18-19-21-23-25-27-29-36(42)51-33(30-49-35(41)28-26-24-22-20-14-12-10-8-6-4-2)31-50-40-39(45)38(44)37(43)34(52-40)32-53(46,47)48/h8,10-11,13,16-17,33-34,37-40,43-45H,3-7,9,12,14-15,18-32H2,1-2H3,(H,46,47,48)/b10-8-,13-11-,17-16-. The molecule has 6 atom stereocenters. The van der Waals surface area contributed by atoms with E-state index in [0.29, 0.717) is 12.8 Å². The molecule has 1 saturated heterocycles. The monoisotopic (exact) mass is 774 g/mol. The SMILES string of the molecule is CCC/C=C\CCCCCCCC(=O)OCC(COC1OC(CS(=O)(=O)O)C(O)C(O)C1O)OC(=O)CCCCCCC/C=C\C/C=C\CCCCC. The minimum absolute atomic E-state index is 0.146. The van der Waals surface area contributed by atoms with Crippen LogP contribution in [0.2, 0.25) is 0 Å². The van der Waals surface area contributed by atoms with E-state index in [1.54, 1.807) is 0 Å². The molecule has 0 saturated carbocycles. The zero-order valence-corrected chi connectivity index (χ0v) is 33.2. The van der Waals surface area contributed by atoms with Crippen LogP contribution in [-0.4, -0.2) is 96.0 Å². The minimum Gasteiger partial charge on any atom is -0.462 e. The van der Waals surface area contributed by atoms with Crippen LogP contribution in [0.5, 0.6) is 0 Å². The van der Waals surface area contributed by atoms with Gasteiger partial charge in [-0.05, 0) is 64.2 Å². The second kappa shape index (κ2) is 31.1. The van der Waals surface area contributed by atoms with Gasteiger partial charge >= 0.3 is 11.9 Å². The molecule has 0 spiro atoms. The van der Waals surface area contributed by atoms with E-state index in [0.717, 1.165) is 89.9 Å². The summed E-state index contributed by atoms with van der Waals surface area (Å²) in [5, 5.41) is 30.7. The normalized spacial score (nSPS) is 21.5. The van der Waals surface area contributed by atoms with Crippen molar-refractivity contribution in [1.82, 2.24) is 0 Å². The van der Waals surface area contributed by atoms with Gasteiger partial charge in [0.2, 0.25) is 0 Å². The third-order valence-electron chi connectivity index (χ3n) is 8.92. The maximum atomic E-state index is 12.7. The van der Waals surface area contributed by atoms with Crippen molar-refractivity contribution in [3.8, 4) is 0 Å². The number of rotatable bonds is 32. The van der Waals surface area contributed by atoms with Crippen LogP contribution in [0.25, 0.3) is 0 Å². The Bertz CT molecular complexity index is 1140. The Labute approximate surface area is 319 Å². The molecule has 4 N–H and O–H groups in total. The molecule has 308 valence electrons. The first-order valence-electron chi connectivity index (χ1n) is 20.0. The van der Waals surface area contributed by atoms with Crippen molar-refractivity contribution >= 4 is 22.1 Å². The first-order chi connectivity index (χ1) is 25.5. The molecule has 1 rings (SSSR count). The van der Waals surface area contributed by atoms with Crippen LogP contribution in [0.4, 0.5) is 0 Å². The predicted octanol–water partition coefficient (Wildman–Crippen LogP) is 7.05. The Morgan fingerprint density at radius 2 is 1.17 bits per heavy atom. The van der Waals surface area contributed by atoms with Crippen molar-refractivity contribution in [2.75, 3.05) is 19.0 Å². The molecular formula is C40H70O12S. The number of carbonyl (C=O) groups is 2. The van der Waals surface area contributed by atoms with Crippen LogP contribution in [0.15, 0.2) is 36.5 Å². The van der Waals surface area contributed by atoms with E-state index in [1.807, 2.05) is 0 Å². The van der Waals surface area contributed by atoms with Gasteiger partial charge in [0.25, 0.3) is 10.1 Å². The molecule has 53 heavy (non-hydrogen) atoms. The molecule has 6 unspecified atom stereocenters. The van der Waals surface area contributed by atoms with Crippen molar-refractivity contribution in [3.63, 3.8) is 0 Å². The second-order valence-corrected chi connectivity index (χ2v) is 15.4. The molecule has 0 bridgehead atoms. The lowest BCUT2D eigenvalue weighted by atomic mass is 10.00. The molecule has 1 heterocycles. The molecule has 0 radical (unpaired) electrons. The van der Waals surface area contributed by atoms with Gasteiger partial charge in [-0.25, -0.2) is 0 Å². The van der Waals surface area contributed by atoms with Gasteiger partial charge in [0.1, 0.15) is 36.8 Å². The topological polar surface area (TPSA) is 186 Å². The second-order valence-electron chi connectivity index (χ2n) is 13.9. The lowest BCUT2D eigenvalue weighted by Crippen LogP contribution is -2.60. The average Bonchev–Trinajstić information content (AvgIpc) is 3.12. The summed E-state index contributed by atoms with van der Waals surface area (Å²) in [6.45, 7) is 3.62. The summed E-state index contributed by atoms with van der Waals surface area (Å²) in [5.41, 5.74) is 0. The molecule has 12 nitrogen and oxygen atoms in total. The lowest BCUT2D eigenvalue weighted by molar-refractivity contribution is -0.297. The molecular weight excluding hydrogens is 704 g/mol. The highest BCUT2D eigenvalue weighted by atomic mass is 32.2. The van der Waals surface area contributed by atoms with E-state index in [1.165, 1.54) is 19.3 Å². The highest BCUT2D eigenvalue weighted by molar-refractivity contribution is 7.85. The van der Waals surface area contributed by atoms with Gasteiger partial charge in [-0.1, -0.05) is 108 Å². The average molecular weight is 775 g/mol. The fourth-order valence-electron chi connectivity index (χ4n) is 5.77. The maximum absolute atomic E-state index is 12.7. The van der Waals surface area contributed by atoms with E-state index in [4.69, 9.17) is 18.9 Å². The highest BCUT2D eigenvalue weighted by Crippen LogP contribution is 2.24. The van der Waals surface area contributed by atoms with Gasteiger partial charge < -0.3 is 34.3 Å². The summed E-state index contributed by atoms with van der Waals surface area (Å²) in [4.78, 5) is 25.2. The Kier molecular flexibility index (Phi) is 28.7. The number of hydrogen-bond donors (Lipinski definition) is 4. The molecule has 0 amide bonds. The van der Waals surface area contributed by atoms with Crippen LogP contribution in [-0.2, 0) is 38.7 Å². The fourth-order valence-corrected chi connectivity index (χ4v) is 6.46. The van der Waals surface area contributed by atoms with Crippen molar-refractivity contribution < 1.29 is 56.8 Å². The molecule has 0 aromatic carbocycles. The highest BCUT2D eigenvalue weighted by Gasteiger charge is 2.46. The summed E-state index contributed by atoms with van der Waals surface area (Å²) in [6, 6.07) is 0. The molecule has 1 fully saturated rings. The van der Waals surface area contributed by atoms with Gasteiger partial charge in [-0.15, -0.1) is 0 Å². The third kappa shape index (κ3) is 26.3. The predicted molar refractivity (Wildman–Crippen MR) is 206 cm³/mol. The van der Waals surface area contributed by atoms with Crippen molar-refractivity contribution in [1.29, 1.82) is 0 Å². The van der Waals surface area contributed by atoms with Crippen LogP contribution in [0.1, 0.15) is 149 Å². The number of esters is 2. The van der Waals surface area contributed by atoms with Gasteiger partial charge in [-0.2, -0.15) is 8.42 Å². The van der Waals surface area contributed by atoms with Gasteiger partial charge in [-0.3, -0.25) is 14.1 Å². The van der Waals surface area contributed by atoms with Crippen molar-refractivity contribution in [2.24, 2.45) is 0 Å². The number of ether oxygens (including phenoxy) is 4. The van der Waals surface area contributed by atoms with Gasteiger partial charge in [0, 0.05) is 12.8 Å². The molecule has 0 aromatic rings. The zero-order valence-electron chi connectivity index (χ0n) is 32.4. The number of hydrogen-bond acceptors (Lipinski definition) is 11. The summed E-state index contributed by atoms with van der Waals surface area (Å²) in [6.07, 6.45) is 23.5. The largest absolute Gasteiger partial charge is 0.462 e. The smallest absolute Gasteiger partial charge is 0.306 e. The first-order valence-corrected chi connectivity index (χ1v) is 21.7. The van der Waals surface area contributed by atoms with Crippen molar-refractivity contribution in [2.45, 2.75) is 185 Å². The van der Waals surface area contributed by atoms with Crippen LogP contribution >= 0.6 is 0 Å². The number of carbonyl (C=O) groups excluding carboxylic acids is 2. The van der Waals surface area contributed by atoms with E-state index in [-0.39, 0.29) is 19.4 Å². The van der Waals surface area contributed by atoms with E-state index in [2.05, 4.69) is 50.3 Å². The summed E-state index contributed by atoms with van der Waals surface area (Å²) in [5.74, 6) is -2.02. The summed E-state index contributed by atoms with van der Waals surface area (Å²) >= 11 is 0. The zero-order chi connectivity index (χ0) is 39.2. The fraction of sp³-hybridized carbons (Fsp3) is 0.800. The van der Waals surface area contributed by atoms with E-state index < -0.39 is 71.2 Å². The number of aliphatic hydroxyl groups is 3.